The van der Waals surface area contributed by atoms with Crippen LogP contribution in [0.1, 0.15) is 23.3 Å². The van der Waals surface area contributed by atoms with Crippen molar-refractivity contribution < 1.29 is 38.6 Å². The Balaban J connectivity index is 1.63. The zero-order valence-corrected chi connectivity index (χ0v) is 17.4. The predicted octanol–water partition coefficient (Wildman–Crippen LogP) is 3.21. The first-order chi connectivity index (χ1) is 14.5. The number of aromatic hydroxyl groups is 2. The smallest absolute Gasteiger partial charge is 0.200 e. The number of benzene rings is 2. The quantitative estimate of drug-likeness (QED) is 0.738. The second-order valence-corrected chi connectivity index (χ2v) is 7.38. The third-order valence-corrected chi connectivity index (χ3v) is 5.93. The summed E-state index contributed by atoms with van der Waals surface area (Å²) in [6, 6.07) is 7.07. The molecule has 2 N–H and O–H groups in total. The second kappa shape index (κ2) is 8.12. The van der Waals surface area contributed by atoms with Crippen molar-refractivity contribution in [1.29, 1.82) is 0 Å². The van der Waals surface area contributed by atoms with E-state index in [4.69, 9.17) is 28.4 Å². The van der Waals surface area contributed by atoms with Crippen LogP contribution in [-0.4, -0.2) is 51.9 Å². The number of fused-ring (bicyclic) bond motifs is 1. The van der Waals surface area contributed by atoms with Gasteiger partial charge in [-0.05, 0) is 35.4 Å². The molecule has 2 heterocycles. The van der Waals surface area contributed by atoms with Gasteiger partial charge in [0.25, 0.3) is 0 Å². The molecule has 4 atom stereocenters. The van der Waals surface area contributed by atoms with Crippen molar-refractivity contribution in [2.75, 3.05) is 41.7 Å². The minimum Gasteiger partial charge on any atom is -0.502 e. The molecule has 0 amide bonds. The van der Waals surface area contributed by atoms with E-state index in [1.54, 1.807) is 24.3 Å². The van der Waals surface area contributed by atoms with Crippen molar-refractivity contribution in [2.24, 2.45) is 11.8 Å². The van der Waals surface area contributed by atoms with Crippen molar-refractivity contribution in [1.82, 2.24) is 0 Å². The summed E-state index contributed by atoms with van der Waals surface area (Å²) < 4.78 is 33.4. The lowest BCUT2D eigenvalue weighted by molar-refractivity contribution is 0.0190. The lowest BCUT2D eigenvalue weighted by Gasteiger charge is -2.19. The van der Waals surface area contributed by atoms with Gasteiger partial charge in [0.15, 0.2) is 23.0 Å². The van der Waals surface area contributed by atoms with Crippen molar-refractivity contribution >= 4 is 0 Å². The van der Waals surface area contributed by atoms with Crippen molar-refractivity contribution in [3.8, 4) is 34.5 Å². The molecule has 0 saturated carbocycles. The Kier molecular flexibility index (Phi) is 5.53. The standard InChI is InChI=1S/C22H26O8/c1-25-15-5-11(6-16(26-2)19(15)23)21-13-9-30-22(14(13)10-29-21)12-7-17(27-3)20(24)18(8-12)28-4/h5-8,13-14,21-24H,9-10H2,1-4H3/t13-,14-,21?,22?/m0/s1. The number of hydrogen-bond donors (Lipinski definition) is 2. The van der Waals surface area contributed by atoms with E-state index in [1.165, 1.54) is 28.4 Å². The normalized spacial score (nSPS) is 25.1. The molecule has 8 heteroatoms. The van der Waals surface area contributed by atoms with Crippen LogP contribution >= 0.6 is 0 Å². The molecule has 0 bridgehead atoms. The molecule has 8 nitrogen and oxygen atoms in total. The molecule has 30 heavy (non-hydrogen) atoms. The highest BCUT2D eigenvalue weighted by Crippen LogP contribution is 2.53. The van der Waals surface area contributed by atoms with Gasteiger partial charge in [-0.2, -0.15) is 0 Å². The van der Waals surface area contributed by atoms with Gasteiger partial charge in [-0.25, -0.2) is 0 Å². The molecule has 2 aliphatic rings. The van der Waals surface area contributed by atoms with Crippen LogP contribution in [0.2, 0.25) is 0 Å². The van der Waals surface area contributed by atoms with E-state index in [-0.39, 0.29) is 35.5 Å². The SMILES string of the molecule is COc1cc(C2OC[C@@H]3C(c4cc(OC)c(O)c(OC)c4)OC[C@H]23)cc(OC)c1O. The van der Waals surface area contributed by atoms with Crippen LogP contribution in [-0.2, 0) is 9.47 Å². The lowest BCUT2D eigenvalue weighted by atomic mass is 9.84. The van der Waals surface area contributed by atoms with Gasteiger partial charge in [-0.3, -0.25) is 0 Å². The molecular formula is C22H26O8. The zero-order valence-electron chi connectivity index (χ0n) is 17.4. The van der Waals surface area contributed by atoms with Crippen LogP contribution < -0.4 is 18.9 Å². The van der Waals surface area contributed by atoms with Crippen LogP contribution in [0, 0.1) is 11.8 Å². The third kappa shape index (κ3) is 3.26. The average Bonchev–Trinajstić information content (AvgIpc) is 3.36. The van der Waals surface area contributed by atoms with Crippen LogP contribution in [0.25, 0.3) is 0 Å². The summed E-state index contributed by atoms with van der Waals surface area (Å²) in [5.41, 5.74) is 1.72. The summed E-state index contributed by atoms with van der Waals surface area (Å²) in [6.45, 7) is 1.02. The highest BCUT2D eigenvalue weighted by molar-refractivity contribution is 5.54. The summed E-state index contributed by atoms with van der Waals surface area (Å²) in [4.78, 5) is 0. The van der Waals surface area contributed by atoms with Gasteiger partial charge in [0, 0.05) is 11.8 Å². The minimum absolute atomic E-state index is 0.0397. The minimum atomic E-state index is -0.218. The van der Waals surface area contributed by atoms with E-state index in [2.05, 4.69) is 0 Å². The first-order valence-electron chi connectivity index (χ1n) is 9.65. The summed E-state index contributed by atoms with van der Waals surface area (Å²) in [7, 11) is 5.99. The van der Waals surface area contributed by atoms with Crippen LogP contribution in [0.5, 0.6) is 34.5 Å². The number of phenols is 2. The maximum atomic E-state index is 10.2. The first kappa shape index (κ1) is 20.4. The Bertz CT molecular complexity index is 802. The summed E-state index contributed by atoms with van der Waals surface area (Å²) in [5.74, 6) is 1.48. The topological polar surface area (TPSA) is 95.8 Å². The van der Waals surface area contributed by atoms with Gasteiger partial charge in [0.2, 0.25) is 11.5 Å². The molecule has 2 saturated heterocycles. The molecule has 0 spiro atoms. The molecule has 2 fully saturated rings. The lowest BCUT2D eigenvalue weighted by Crippen LogP contribution is -2.15. The average molecular weight is 418 g/mol. The second-order valence-electron chi connectivity index (χ2n) is 7.38. The van der Waals surface area contributed by atoms with E-state index in [1.807, 2.05) is 0 Å². The van der Waals surface area contributed by atoms with Gasteiger partial charge >= 0.3 is 0 Å². The first-order valence-corrected chi connectivity index (χ1v) is 9.65. The van der Waals surface area contributed by atoms with Gasteiger partial charge < -0.3 is 38.6 Å². The molecular weight excluding hydrogens is 392 g/mol. The molecule has 0 radical (unpaired) electrons. The van der Waals surface area contributed by atoms with Crippen molar-refractivity contribution in [2.45, 2.75) is 12.2 Å². The van der Waals surface area contributed by atoms with Crippen molar-refractivity contribution in [3.63, 3.8) is 0 Å². The number of rotatable bonds is 6. The maximum absolute atomic E-state index is 10.2. The third-order valence-electron chi connectivity index (χ3n) is 5.93. The number of hydrogen-bond acceptors (Lipinski definition) is 8. The molecule has 162 valence electrons. The fourth-order valence-electron chi connectivity index (χ4n) is 4.39. The maximum Gasteiger partial charge on any atom is 0.200 e. The molecule has 2 unspecified atom stereocenters. The molecule has 2 aromatic rings. The Morgan fingerprint density at radius 2 is 0.933 bits per heavy atom. The molecule has 4 rings (SSSR count). The molecule has 2 aliphatic heterocycles. The fraction of sp³-hybridized carbons (Fsp3) is 0.455. The van der Waals surface area contributed by atoms with Gasteiger partial charge in [0.1, 0.15) is 0 Å². The predicted molar refractivity (Wildman–Crippen MR) is 107 cm³/mol. The molecule has 2 aromatic carbocycles. The summed E-state index contributed by atoms with van der Waals surface area (Å²) in [6.07, 6.45) is -0.436. The Hall–Kier alpha value is -2.84. The monoisotopic (exact) mass is 418 g/mol. The Morgan fingerprint density at radius 3 is 1.20 bits per heavy atom. The largest absolute Gasteiger partial charge is 0.502 e. The highest BCUT2D eigenvalue weighted by Gasteiger charge is 2.48. The number of ether oxygens (including phenoxy) is 6. The van der Waals surface area contributed by atoms with Crippen LogP contribution in [0.4, 0.5) is 0 Å². The highest BCUT2D eigenvalue weighted by atomic mass is 16.5. The van der Waals surface area contributed by atoms with Gasteiger partial charge in [0.05, 0.1) is 53.9 Å². The summed E-state index contributed by atoms with van der Waals surface area (Å²) >= 11 is 0. The van der Waals surface area contributed by atoms with Crippen LogP contribution in [0.15, 0.2) is 24.3 Å². The van der Waals surface area contributed by atoms with Crippen molar-refractivity contribution in [3.05, 3.63) is 35.4 Å². The van der Waals surface area contributed by atoms with Crippen LogP contribution in [0.3, 0.4) is 0 Å². The van der Waals surface area contributed by atoms with E-state index in [9.17, 15) is 10.2 Å². The molecule has 0 aromatic heterocycles. The van der Waals surface area contributed by atoms with Gasteiger partial charge in [-0.1, -0.05) is 0 Å². The Morgan fingerprint density at radius 1 is 0.633 bits per heavy atom. The number of phenolic OH excluding ortho intramolecular Hbond substituents is 2. The number of methoxy groups -OCH3 is 4. The van der Waals surface area contributed by atoms with E-state index < -0.39 is 0 Å². The van der Waals surface area contributed by atoms with Gasteiger partial charge in [-0.15, -0.1) is 0 Å². The van der Waals surface area contributed by atoms with E-state index in [0.717, 1.165) is 11.1 Å². The van der Waals surface area contributed by atoms with E-state index in [0.29, 0.717) is 36.2 Å². The zero-order chi connectivity index (χ0) is 21.4. The van der Waals surface area contributed by atoms with E-state index >= 15 is 0 Å². The fourth-order valence-corrected chi connectivity index (χ4v) is 4.39. The Labute approximate surface area is 174 Å². The summed E-state index contributed by atoms with van der Waals surface area (Å²) in [5, 5.41) is 20.4. The molecule has 0 aliphatic carbocycles.